The van der Waals surface area contributed by atoms with Gasteiger partial charge in [-0.2, -0.15) is 5.10 Å². The number of para-hydroxylation sites is 1. The minimum Gasteiger partial charge on any atom is -0.322 e. The molecule has 0 aliphatic heterocycles. The predicted molar refractivity (Wildman–Crippen MR) is 128 cm³/mol. The zero-order valence-corrected chi connectivity index (χ0v) is 18.5. The van der Waals surface area contributed by atoms with E-state index in [-0.39, 0.29) is 10.9 Å². The molecule has 0 saturated heterocycles. The van der Waals surface area contributed by atoms with E-state index in [2.05, 4.69) is 29.4 Å². The van der Waals surface area contributed by atoms with Crippen molar-refractivity contribution in [3.05, 3.63) is 105 Å². The second-order valence-corrected chi connectivity index (χ2v) is 8.31. The second kappa shape index (κ2) is 9.24. The van der Waals surface area contributed by atoms with Gasteiger partial charge in [-0.1, -0.05) is 50.2 Å². The van der Waals surface area contributed by atoms with E-state index in [4.69, 9.17) is 5.84 Å². The van der Waals surface area contributed by atoms with Gasteiger partial charge in [0.05, 0.1) is 11.0 Å². The highest BCUT2D eigenvalue weighted by molar-refractivity contribution is 5.80. The fourth-order valence-corrected chi connectivity index (χ4v) is 3.68. The zero-order valence-electron chi connectivity index (χ0n) is 18.5. The number of hydrogen-bond acceptors (Lipinski definition) is 4. The van der Waals surface area contributed by atoms with Crippen LogP contribution in [0.1, 0.15) is 20.3 Å². The summed E-state index contributed by atoms with van der Waals surface area (Å²) in [4.78, 5) is 26.1. The zero-order chi connectivity index (χ0) is 23.5. The van der Waals surface area contributed by atoms with E-state index in [1.807, 2.05) is 13.8 Å². The molecule has 1 heterocycles. The lowest BCUT2D eigenvalue weighted by Crippen LogP contribution is -2.45. The first-order valence-electron chi connectivity index (χ1n) is 10.8. The molecular formula is C26H25FN4O2. The molecule has 0 bridgehead atoms. The normalized spacial score (nSPS) is 11.9. The van der Waals surface area contributed by atoms with Crippen molar-refractivity contribution in [1.82, 2.24) is 9.13 Å². The van der Waals surface area contributed by atoms with Gasteiger partial charge < -0.3 is 10.4 Å². The van der Waals surface area contributed by atoms with E-state index < -0.39 is 16.9 Å². The van der Waals surface area contributed by atoms with Crippen molar-refractivity contribution < 1.29 is 4.39 Å². The van der Waals surface area contributed by atoms with Crippen LogP contribution in [0.4, 0.5) is 4.39 Å². The minimum absolute atomic E-state index is 0.280. The number of aryl methyl sites for hydroxylation is 1. The Labute approximate surface area is 190 Å². The van der Waals surface area contributed by atoms with Crippen molar-refractivity contribution in [2.45, 2.75) is 26.8 Å². The third-order valence-electron chi connectivity index (χ3n) is 5.51. The largest absolute Gasteiger partial charge is 0.322 e. The van der Waals surface area contributed by atoms with Crippen LogP contribution in [0.2, 0.25) is 0 Å². The molecule has 0 spiro atoms. The number of rotatable bonds is 4. The standard InChI is InChI=1S/C20H21FN4O2.C6H4/c1-13(2)10-11-24-16-9-8-14(21)12-17(16)25(15-6-4-3-5-7-15)20(27)18(23-22)19(24)26;1-2-5-4-6(5)3-1/h3-9,12-13H,10-11,22H2,1-2H3;1-4H. The maximum absolute atomic E-state index is 14.1. The molecule has 33 heavy (non-hydrogen) atoms. The summed E-state index contributed by atoms with van der Waals surface area (Å²) in [5, 5.41) is 3.08. The van der Waals surface area contributed by atoms with E-state index in [1.165, 1.54) is 38.5 Å². The Balaban J connectivity index is 0.000000367. The summed E-state index contributed by atoms with van der Waals surface area (Å²) < 4.78 is 16.8. The smallest absolute Gasteiger partial charge is 0.289 e. The van der Waals surface area contributed by atoms with Gasteiger partial charge in [0.2, 0.25) is 5.36 Å². The first-order chi connectivity index (χ1) is 15.9. The Kier molecular flexibility index (Phi) is 6.22. The first kappa shape index (κ1) is 22.2. The fraction of sp³-hybridized carbons (Fsp3) is 0.192. The quantitative estimate of drug-likeness (QED) is 0.338. The van der Waals surface area contributed by atoms with Crippen LogP contribution >= 0.6 is 0 Å². The molecule has 6 nitrogen and oxygen atoms in total. The van der Waals surface area contributed by atoms with Crippen LogP contribution in [0.15, 0.2) is 87.5 Å². The Morgan fingerprint density at radius 3 is 2.12 bits per heavy atom. The number of benzene rings is 3. The molecule has 2 aromatic carbocycles. The van der Waals surface area contributed by atoms with Crippen molar-refractivity contribution >= 4 is 11.0 Å². The van der Waals surface area contributed by atoms with E-state index in [0.717, 1.165) is 0 Å². The Morgan fingerprint density at radius 2 is 1.58 bits per heavy atom. The van der Waals surface area contributed by atoms with Gasteiger partial charge in [0.25, 0.3) is 11.1 Å². The molecule has 0 radical (unpaired) electrons. The third-order valence-corrected chi connectivity index (χ3v) is 5.51. The van der Waals surface area contributed by atoms with E-state index in [9.17, 15) is 14.0 Å². The van der Waals surface area contributed by atoms with Crippen LogP contribution in [-0.4, -0.2) is 9.13 Å². The van der Waals surface area contributed by atoms with Crippen LogP contribution in [0, 0.1) is 11.7 Å². The van der Waals surface area contributed by atoms with Crippen molar-refractivity contribution in [3.63, 3.8) is 0 Å². The molecule has 0 unspecified atom stereocenters. The molecular weight excluding hydrogens is 419 g/mol. The molecule has 2 aliphatic carbocycles. The Morgan fingerprint density at radius 1 is 0.879 bits per heavy atom. The number of aromatic nitrogens is 2. The number of fused-ring (bicyclic) bond motifs is 2. The van der Waals surface area contributed by atoms with Crippen LogP contribution in [0.3, 0.4) is 0 Å². The molecule has 0 amide bonds. The first-order valence-corrected chi connectivity index (χ1v) is 10.8. The van der Waals surface area contributed by atoms with Gasteiger partial charge in [0.15, 0.2) is 0 Å². The fourth-order valence-electron chi connectivity index (χ4n) is 3.68. The van der Waals surface area contributed by atoms with Gasteiger partial charge in [-0.3, -0.25) is 14.2 Å². The van der Waals surface area contributed by atoms with Crippen LogP contribution in [0.25, 0.3) is 27.8 Å². The summed E-state index contributed by atoms with van der Waals surface area (Å²) in [5.74, 6) is 5.23. The van der Waals surface area contributed by atoms with Crippen molar-refractivity contribution in [1.29, 1.82) is 0 Å². The van der Waals surface area contributed by atoms with Gasteiger partial charge >= 0.3 is 0 Å². The molecule has 1 aromatic heterocycles. The van der Waals surface area contributed by atoms with Gasteiger partial charge in [0, 0.05) is 18.3 Å². The number of nitrogens with zero attached hydrogens (tertiary/aromatic N) is 3. The van der Waals surface area contributed by atoms with E-state index >= 15 is 0 Å². The number of nitrogens with two attached hydrogens (primary N) is 1. The second-order valence-electron chi connectivity index (χ2n) is 8.31. The van der Waals surface area contributed by atoms with Crippen LogP contribution < -0.4 is 22.3 Å². The average Bonchev–Trinajstić information content (AvgIpc) is 3.42. The van der Waals surface area contributed by atoms with Gasteiger partial charge in [-0.25, -0.2) is 4.39 Å². The molecule has 7 heteroatoms. The molecule has 168 valence electrons. The summed E-state index contributed by atoms with van der Waals surface area (Å²) in [7, 11) is 0. The molecule has 5 rings (SSSR count). The summed E-state index contributed by atoms with van der Waals surface area (Å²) in [6.07, 6.45) is 0.708. The number of hydrogen-bond donors (Lipinski definition) is 1. The highest BCUT2D eigenvalue weighted by atomic mass is 19.1. The predicted octanol–water partition coefficient (Wildman–Crippen LogP) is 3.78. The van der Waals surface area contributed by atoms with Gasteiger partial charge in [-0.05, 0) is 53.8 Å². The minimum atomic E-state index is -0.687. The summed E-state index contributed by atoms with van der Waals surface area (Å²) in [6, 6.07) is 21.2. The lowest BCUT2D eigenvalue weighted by molar-refractivity contribution is 0.515. The molecule has 0 fully saturated rings. The maximum atomic E-state index is 14.1. The van der Waals surface area contributed by atoms with E-state index in [0.29, 0.717) is 30.1 Å². The highest BCUT2D eigenvalue weighted by Crippen LogP contribution is 2.32. The Hall–Kier alpha value is -4.00. The van der Waals surface area contributed by atoms with Gasteiger partial charge in [0.1, 0.15) is 5.82 Å². The average molecular weight is 445 g/mol. The lowest BCUT2D eigenvalue weighted by Gasteiger charge is -2.11. The summed E-state index contributed by atoms with van der Waals surface area (Å²) in [5.41, 5.74) is 2.79. The molecule has 0 saturated carbocycles. The topological polar surface area (TPSA) is 82.4 Å². The van der Waals surface area contributed by atoms with Crippen LogP contribution in [0.5, 0.6) is 0 Å². The van der Waals surface area contributed by atoms with Crippen molar-refractivity contribution in [2.24, 2.45) is 16.9 Å². The maximum Gasteiger partial charge on any atom is 0.289 e. The summed E-state index contributed by atoms with van der Waals surface area (Å²) in [6.45, 7) is 4.44. The van der Waals surface area contributed by atoms with Gasteiger partial charge in [-0.15, -0.1) is 0 Å². The number of halogens is 1. The highest BCUT2D eigenvalue weighted by Gasteiger charge is 2.14. The third kappa shape index (κ3) is 4.62. The molecule has 0 atom stereocenters. The molecule has 2 aliphatic rings. The lowest BCUT2D eigenvalue weighted by atomic mass is 10.1. The SMILES string of the molecule is CC(C)CCn1c(=O)c(=NN)c(=O)n(-c2ccccc2)c2cc(F)ccc21.c1cc2cc-2c1. The Bertz CT molecular complexity index is 1490. The monoisotopic (exact) mass is 444 g/mol. The summed E-state index contributed by atoms with van der Waals surface area (Å²) >= 11 is 0. The van der Waals surface area contributed by atoms with E-state index in [1.54, 1.807) is 30.3 Å². The van der Waals surface area contributed by atoms with Crippen molar-refractivity contribution in [3.8, 4) is 16.8 Å². The molecule has 3 aromatic rings. The van der Waals surface area contributed by atoms with Crippen molar-refractivity contribution in [2.75, 3.05) is 0 Å². The van der Waals surface area contributed by atoms with Crippen LogP contribution in [-0.2, 0) is 6.54 Å². The molecule has 2 N–H and O–H groups in total.